The second kappa shape index (κ2) is 8.47. The summed E-state index contributed by atoms with van der Waals surface area (Å²) in [5, 5.41) is 0. The zero-order valence-corrected chi connectivity index (χ0v) is 21.5. The minimum atomic E-state index is -0.427. The first-order valence-electron chi connectivity index (χ1n) is 12.1. The third kappa shape index (κ3) is 3.84. The number of rotatable bonds is 4. The Bertz CT molecular complexity index is 1070. The number of hydrogen-bond donors (Lipinski definition) is 0. The Morgan fingerprint density at radius 3 is 2.73 bits per heavy atom. The highest BCUT2D eigenvalue weighted by atomic mass is 127. The molecule has 5 rings (SSSR count). The fourth-order valence-corrected chi connectivity index (χ4v) is 8.21. The topological polar surface area (TPSA) is 60.4 Å². The highest BCUT2D eigenvalue weighted by molar-refractivity contribution is 14.1. The number of ether oxygens (including phenoxy) is 1. The van der Waals surface area contributed by atoms with Gasteiger partial charge in [0.1, 0.15) is 0 Å². The Morgan fingerprint density at radius 1 is 1.12 bits per heavy atom. The van der Waals surface area contributed by atoms with Gasteiger partial charge in [-0.3, -0.25) is 9.59 Å². The van der Waals surface area contributed by atoms with Gasteiger partial charge in [-0.25, -0.2) is 4.79 Å². The van der Waals surface area contributed by atoms with Gasteiger partial charge in [0.15, 0.2) is 18.2 Å². The molecule has 1 aromatic carbocycles. The molecule has 4 aliphatic carbocycles. The van der Waals surface area contributed by atoms with Crippen molar-refractivity contribution in [2.45, 2.75) is 52.4 Å². The maximum Gasteiger partial charge on any atom is 0.338 e. The molecule has 4 nitrogen and oxygen atoms in total. The summed E-state index contributed by atoms with van der Waals surface area (Å²) in [6.45, 7) is 4.47. The molecule has 0 unspecified atom stereocenters. The maximum atomic E-state index is 13.3. The van der Waals surface area contributed by atoms with Gasteiger partial charge in [0.25, 0.3) is 0 Å². The molecule has 0 saturated heterocycles. The van der Waals surface area contributed by atoms with Crippen molar-refractivity contribution in [2.75, 3.05) is 6.61 Å². The molecule has 6 atom stereocenters. The van der Waals surface area contributed by atoms with E-state index in [4.69, 9.17) is 4.74 Å². The normalized spacial score (nSPS) is 36.9. The monoisotopic (exact) mass is 558 g/mol. The molecule has 3 saturated carbocycles. The Hall–Kier alpha value is -1.76. The van der Waals surface area contributed by atoms with Gasteiger partial charge in [-0.2, -0.15) is 0 Å². The van der Waals surface area contributed by atoms with E-state index in [-0.39, 0.29) is 34.9 Å². The van der Waals surface area contributed by atoms with Crippen molar-refractivity contribution in [3.05, 3.63) is 57.2 Å². The lowest BCUT2D eigenvalue weighted by atomic mass is 9.47. The summed E-state index contributed by atoms with van der Waals surface area (Å²) in [6, 6.07) is 7.25. The summed E-state index contributed by atoms with van der Waals surface area (Å²) < 4.78 is 6.41. The van der Waals surface area contributed by atoms with Crippen LogP contribution in [-0.2, 0) is 14.3 Å². The average molecular weight is 558 g/mol. The van der Waals surface area contributed by atoms with Gasteiger partial charge in [0, 0.05) is 14.9 Å². The number of carbonyl (C=O) groups excluding carboxylic acids is 3. The minimum Gasteiger partial charge on any atom is -0.454 e. The van der Waals surface area contributed by atoms with Crippen LogP contribution < -0.4 is 0 Å². The third-order valence-corrected chi connectivity index (χ3v) is 10.0. The Labute approximate surface area is 209 Å². The molecule has 0 amide bonds. The van der Waals surface area contributed by atoms with Crippen molar-refractivity contribution in [1.29, 1.82) is 0 Å². The molecule has 174 valence electrons. The number of ketones is 2. The van der Waals surface area contributed by atoms with E-state index in [1.54, 1.807) is 18.2 Å². The number of Topliss-reactive ketones (excluding diaryl/α,β-unsaturated/α-hetero) is 1. The predicted octanol–water partition coefficient (Wildman–Crippen LogP) is 5.94. The lowest BCUT2D eigenvalue weighted by Crippen LogP contribution is -2.50. The number of allylic oxidation sites excluding steroid dienone is 4. The Kier molecular flexibility index (Phi) is 5.91. The van der Waals surface area contributed by atoms with Crippen LogP contribution in [0.2, 0.25) is 0 Å². The fraction of sp³-hybridized carbons (Fsp3) is 0.536. The van der Waals surface area contributed by atoms with E-state index in [9.17, 15) is 14.4 Å². The van der Waals surface area contributed by atoms with Crippen molar-refractivity contribution in [2.24, 2.45) is 34.5 Å². The summed E-state index contributed by atoms with van der Waals surface area (Å²) in [5.74, 6) is 1.35. The van der Waals surface area contributed by atoms with Crippen LogP contribution in [0, 0.1) is 38.1 Å². The first-order chi connectivity index (χ1) is 15.7. The first kappa shape index (κ1) is 23.0. The van der Waals surface area contributed by atoms with E-state index < -0.39 is 5.97 Å². The van der Waals surface area contributed by atoms with Crippen molar-refractivity contribution in [3.63, 3.8) is 0 Å². The van der Waals surface area contributed by atoms with Gasteiger partial charge >= 0.3 is 5.97 Å². The lowest BCUT2D eigenvalue weighted by Gasteiger charge is -2.56. The number of esters is 1. The van der Waals surface area contributed by atoms with Crippen LogP contribution >= 0.6 is 22.6 Å². The Balaban J connectivity index is 1.28. The smallest absolute Gasteiger partial charge is 0.338 e. The molecule has 5 heteroatoms. The maximum absolute atomic E-state index is 13.3. The van der Waals surface area contributed by atoms with Crippen molar-refractivity contribution < 1.29 is 19.1 Å². The molecule has 0 N–H and O–H groups in total. The lowest BCUT2D eigenvalue weighted by molar-refractivity contribution is -0.132. The molecule has 4 aliphatic rings. The Morgan fingerprint density at radius 2 is 1.94 bits per heavy atom. The molecule has 0 spiro atoms. The number of halogens is 1. The molecule has 0 bridgehead atoms. The summed E-state index contributed by atoms with van der Waals surface area (Å²) >= 11 is 2.16. The number of fused-ring (bicyclic) bond motifs is 5. The van der Waals surface area contributed by atoms with Crippen LogP contribution in [0.3, 0.4) is 0 Å². The van der Waals surface area contributed by atoms with Crippen molar-refractivity contribution in [1.82, 2.24) is 0 Å². The fourth-order valence-electron chi connectivity index (χ4n) is 7.66. The average Bonchev–Trinajstić information content (AvgIpc) is 3.15. The van der Waals surface area contributed by atoms with Crippen LogP contribution in [0.1, 0.15) is 62.7 Å². The standard InChI is InChI=1S/C28H31IO4/c1-27-12-10-20(30)15-18(27)6-7-21-22-8-9-24(28(22,2)13-11-23(21)27)25(31)16-33-26(32)17-4-3-5-19(29)14-17/h3-5,10,12,14-15,21-24H,6-9,11,13,16H2,1-2H3/t21-,22-,23-,24+,27-,28-/m0/s1. The van der Waals surface area contributed by atoms with E-state index in [1.165, 1.54) is 5.57 Å². The number of carbonyl (C=O) groups is 3. The summed E-state index contributed by atoms with van der Waals surface area (Å²) in [7, 11) is 0. The van der Waals surface area contributed by atoms with E-state index in [2.05, 4.69) is 42.5 Å². The van der Waals surface area contributed by atoms with Crippen molar-refractivity contribution in [3.8, 4) is 0 Å². The third-order valence-electron chi connectivity index (χ3n) is 9.35. The molecule has 3 fully saturated rings. The highest BCUT2D eigenvalue weighted by Gasteiger charge is 2.59. The van der Waals surface area contributed by atoms with Gasteiger partial charge in [0.2, 0.25) is 0 Å². The van der Waals surface area contributed by atoms with Gasteiger partial charge < -0.3 is 4.74 Å². The van der Waals surface area contributed by atoms with Gasteiger partial charge in [0.05, 0.1) is 5.56 Å². The summed E-state index contributed by atoms with van der Waals surface area (Å²) in [5.41, 5.74) is 1.73. The van der Waals surface area contributed by atoms with E-state index in [0.717, 1.165) is 42.1 Å². The molecular formula is C28H31IO4. The second-order valence-electron chi connectivity index (χ2n) is 10.8. The van der Waals surface area contributed by atoms with E-state index in [0.29, 0.717) is 23.3 Å². The zero-order valence-electron chi connectivity index (χ0n) is 19.3. The molecule has 33 heavy (non-hydrogen) atoms. The summed E-state index contributed by atoms with van der Waals surface area (Å²) in [6.07, 6.45) is 11.9. The van der Waals surface area contributed by atoms with Crippen LogP contribution in [0.5, 0.6) is 0 Å². The minimum absolute atomic E-state index is 0.0248. The molecule has 0 aromatic heterocycles. The van der Waals surface area contributed by atoms with Gasteiger partial charge in [-0.05, 0) is 115 Å². The van der Waals surface area contributed by atoms with Crippen LogP contribution in [0.25, 0.3) is 0 Å². The molecule has 0 radical (unpaired) electrons. The largest absolute Gasteiger partial charge is 0.454 e. The van der Waals surface area contributed by atoms with E-state index in [1.807, 2.05) is 18.2 Å². The highest BCUT2D eigenvalue weighted by Crippen LogP contribution is 2.66. The van der Waals surface area contributed by atoms with Gasteiger partial charge in [-0.15, -0.1) is 0 Å². The van der Waals surface area contributed by atoms with E-state index >= 15 is 0 Å². The van der Waals surface area contributed by atoms with Crippen LogP contribution in [-0.4, -0.2) is 24.1 Å². The first-order valence-corrected chi connectivity index (χ1v) is 13.2. The molecule has 1 aromatic rings. The van der Waals surface area contributed by atoms with Crippen LogP contribution in [0.4, 0.5) is 0 Å². The number of hydrogen-bond acceptors (Lipinski definition) is 4. The molecular weight excluding hydrogens is 527 g/mol. The quantitative estimate of drug-likeness (QED) is 0.339. The second-order valence-corrected chi connectivity index (χ2v) is 12.1. The predicted molar refractivity (Wildman–Crippen MR) is 135 cm³/mol. The number of benzene rings is 1. The molecule has 0 heterocycles. The van der Waals surface area contributed by atoms with Crippen LogP contribution in [0.15, 0.2) is 48.1 Å². The molecule has 0 aliphatic heterocycles. The van der Waals surface area contributed by atoms with Gasteiger partial charge in [-0.1, -0.05) is 31.6 Å². The SMILES string of the molecule is C[C@]12CC[C@H]3[C@@H](CCC4=CC(=O)C=C[C@@]43C)[C@@H]1CC[C@@H]2C(=O)COC(=O)c1cccc(I)c1. The summed E-state index contributed by atoms with van der Waals surface area (Å²) in [4.78, 5) is 37.7. The zero-order chi connectivity index (χ0) is 23.4. The van der Waals surface area contributed by atoms with Crippen molar-refractivity contribution >= 4 is 40.1 Å².